The van der Waals surface area contributed by atoms with Crippen LogP contribution in [-0.4, -0.2) is 17.9 Å². The molecule has 0 atom stereocenters. The molecule has 2 N–H and O–H groups in total. The summed E-state index contributed by atoms with van der Waals surface area (Å²) in [4.78, 5) is 13.6. The highest BCUT2D eigenvalue weighted by Crippen LogP contribution is 2.16. The quantitative estimate of drug-likeness (QED) is 0.865. The first-order valence-corrected chi connectivity index (χ1v) is 5.82. The Hall–Kier alpha value is -2.30. The molecule has 5 heteroatoms. The van der Waals surface area contributed by atoms with Crippen LogP contribution in [0.3, 0.4) is 0 Å². The van der Waals surface area contributed by atoms with Crippen LogP contribution in [0.4, 0.5) is 10.1 Å². The fourth-order valence-electron chi connectivity index (χ4n) is 1.81. The van der Waals surface area contributed by atoms with Crippen molar-refractivity contribution < 1.29 is 13.6 Å². The van der Waals surface area contributed by atoms with Crippen LogP contribution in [0.25, 0.3) is 0 Å². The number of hydrogen-bond donors (Lipinski definition) is 1. The largest absolute Gasteiger partial charge is 0.469 e. The number of anilines is 1. The van der Waals surface area contributed by atoms with E-state index in [1.165, 1.54) is 17.0 Å². The van der Waals surface area contributed by atoms with E-state index in [1.807, 2.05) is 6.92 Å². The van der Waals surface area contributed by atoms with Crippen LogP contribution in [0.1, 0.15) is 21.7 Å². The lowest BCUT2D eigenvalue weighted by Crippen LogP contribution is -2.27. The normalized spacial score (nSPS) is 10.5. The number of aryl methyl sites for hydroxylation is 1. The molecule has 0 bridgehead atoms. The van der Waals surface area contributed by atoms with Crippen molar-refractivity contribution in [2.45, 2.75) is 13.5 Å². The van der Waals surface area contributed by atoms with Crippen LogP contribution < -0.4 is 5.73 Å². The predicted octanol–water partition coefficient (Wildman–Crippen LogP) is 2.58. The minimum absolute atomic E-state index is 0.0119. The van der Waals surface area contributed by atoms with E-state index < -0.39 is 11.7 Å². The van der Waals surface area contributed by atoms with E-state index in [4.69, 9.17) is 10.2 Å². The zero-order valence-corrected chi connectivity index (χ0v) is 10.8. The van der Waals surface area contributed by atoms with E-state index in [-0.39, 0.29) is 5.56 Å². The Bertz CT molecular complexity index is 607. The summed E-state index contributed by atoms with van der Waals surface area (Å²) in [6, 6.07) is 5.83. The Kier molecular flexibility index (Phi) is 3.55. The van der Waals surface area contributed by atoms with Gasteiger partial charge in [-0.1, -0.05) is 0 Å². The van der Waals surface area contributed by atoms with E-state index in [2.05, 4.69) is 0 Å². The molecule has 100 valence electrons. The molecule has 1 heterocycles. The number of hydrogen-bond acceptors (Lipinski definition) is 3. The van der Waals surface area contributed by atoms with Crippen molar-refractivity contribution in [3.63, 3.8) is 0 Å². The molecule has 0 spiro atoms. The Balaban J connectivity index is 2.17. The molecule has 2 aromatic rings. The van der Waals surface area contributed by atoms with Crippen molar-refractivity contribution in [3.8, 4) is 0 Å². The Morgan fingerprint density at radius 3 is 2.74 bits per heavy atom. The fourth-order valence-corrected chi connectivity index (χ4v) is 1.81. The van der Waals surface area contributed by atoms with Crippen LogP contribution in [0, 0.1) is 12.7 Å². The topological polar surface area (TPSA) is 59.5 Å². The molecule has 0 unspecified atom stereocenters. The first kappa shape index (κ1) is 13.1. The molecule has 2 rings (SSSR count). The van der Waals surface area contributed by atoms with Gasteiger partial charge in [-0.25, -0.2) is 4.39 Å². The molecule has 0 aliphatic rings. The van der Waals surface area contributed by atoms with Gasteiger partial charge in [0.15, 0.2) is 0 Å². The van der Waals surface area contributed by atoms with Crippen LogP contribution in [-0.2, 0) is 6.54 Å². The van der Waals surface area contributed by atoms with Crippen molar-refractivity contribution in [3.05, 3.63) is 53.2 Å². The lowest BCUT2D eigenvalue weighted by atomic mass is 10.1. The van der Waals surface area contributed by atoms with Gasteiger partial charge in [0.2, 0.25) is 0 Å². The Morgan fingerprint density at radius 1 is 1.42 bits per heavy atom. The average molecular weight is 262 g/mol. The molecule has 0 aliphatic heterocycles. The smallest absolute Gasteiger partial charge is 0.256 e. The summed E-state index contributed by atoms with van der Waals surface area (Å²) in [6.07, 6.45) is 1.56. The molecule has 19 heavy (non-hydrogen) atoms. The maximum Gasteiger partial charge on any atom is 0.256 e. The summed E-state index contributed by atoms with van der Waals surface area (Å²) in [5, 5.41) is 0. The van der Waals surface area contributed by atoms with Gasteiger partial charge in [-0.2, -0.15) is 0 Å². The minimum atomic E-state index is -0.610. The molecule has 1 aromatic heterocycles. The van der Waals surface area contributed by atoms with Crippen LogP contribution in [0.15, 0.2) is 34.9 Å². The number of nitrogens with zero attached hydrogens (tertiary/aromatic N) is 1. The van der Waals surface area contributed by atoms with E-state index in [0.717, 1.165) is 17.4 Å². The van der Waals surface area contributed by atoms with Gasteiger partial charge >= 0.3 is 0 Å². The number of amides is 1. The molecular weight excluding hydrogens is 247 g/mol. The molecule has 0 saturated carbocycles. The summed E-state index contributed by atoms with van der Waals surface area (Å²) in [7, 11) is 1.62. The molecular formula is C14H15FN2O2. The third kappa shape index (κ3) is 2.76. The SMILES string of the molecule is Cc1occc1CN(C)C(=O)c1ccc(N)cc1F. The summed E-state index contributed by atoms with van der Waals surface area (Å²) in [6.45, 7) is 2.18. The highest BCUT2D eigenvalue weighted by Gasteiger charge is 2.17. The van der Waals surface area contributed by atoms with Crippen LogP contribution in [0.5, 0.6) is 0 Å². The molecule has 0 radical (unpaired) electrons. The second-order valence-corrected chi connectivity index (χ2v) is 4.40. The van der Waals surface area contributed by atoms with Gasteiger partial charge in [-0.15, -0.1) is 0 Å². The molecule has 1 amide bonds. The van der Waals surface area contributed by atoms with Gasteiger partial charge in [0.05, 0.1) is 11.8 Å². The molecule has 4 nitrogen and oxygen atoms in total. The minimum Gasteiger partial charge on any atom is -0.469 e. The number of carbonyl (C=O) groups is 1. The van der Waals surface area contributed by atoms with E-state index in [1.54, 1.807) is 19.4 Å². The van der Waals surface area contributed by atoms with Gasteiger partial charge in [0.1, 0.15) is 11.6 Å². The summed E-state index contributed by atoms with van der Waals surface area (Å²) >= 11 is 0. The van der Waals surface area contributed by atoms with Crippen LogP contribution in [0.2, 0.25) is 0 Å². The Labute approximate surface area is 110 Å². The third-order valence-corrected chi connectivity index (χ3v) is 2.94. The van der Waals surface area contributed by atoms with Gasteiger partial charge in [-0.05, 0) is 31.2 Å². The maximum absolute atomic E-state index is 13.7. The average Bonchev–Trinajstić information content (AvgIpc) is 2.74. The third-order valence-electron chi connectivity index (χ3n) is 2.94. The Morgan fingerprint density at radius 2 is 2.16 bits per heavy atom. The summed E-state index contributed by atoms with van der Waals surface area (Å²) in [5.41, 5.74) is 6.66. The predicted molar refractivity (Wildman–Crippen MR) is 70.1 cm³/mol. The summed E-state index contributed by atoms with van der Waals surface area (Å²) in [5.74, 6) is -0.253. The molecule has 1 aromatic carbocycles. The number of rotatable bonds is 3. The summed E-state index contributed by atoms with van der Waals surface area (Å²) < 4.78 is 18.8. The van der Waals surface area contributed by atoms with Crippen molar-refractivity contribution in [2.24, 2.45) is 0 Å². The number of nitrogen functional groups attached to an aromatic ring is 1. The van der Waals surface area contributed by atoms with Crippen LogP contribution >= 0.6 is 0 Å². The zero-order chi connectivity index (χ0) is 14.0. The van der Waals surface area contributed by atoms with Gasteiger partial charge in [0, 0.05) is 24.8 Å². The lowest BCUT2D eigenvalue weighted by Gasteiger charge is -2.17. The van der Waals surface area contributed by atoms with Crippen molar-refractivity contribution in [2.75, 3.05) is 12.8 Å². The van der Waals surface area contributed by atoms with Crippen molar-refractivity contribution in [1.82, 2.24) is 4.90 Å². The zero-order valence-electron chi connectivity index (χ0n) is 10.8. The lowest BCUT2D eigenvalue weighted by molar-refractivity contribution is 0.0780. The maximum atomic E-state index is 13.7. The number of furan rings is 1. The highest BCUT2D eigenvalue weighted by atomic mass is 19.1. The van der Waals surface area contributed by atoms with Gasteiger partial charge in [0.25, 0.3) is 5.91 Å². The van der Waals surface area contributed by atoms with Crippen molar-refractivity contribution >= 4 is 11.6 Å². The fraction of sp³-hybridized carbons (Fsp3) is 0.214. The first-order chi connectivity index (χ1) is 8.99. The standard InChI is InChI=1S/C14H15FN2O2/c1-9-10(5-6-19-9)8-17(2)14(18)12-4-3-11(16)7-13(12)15/h3-7H,8,16H2,1-2H3. The highest BCUT2D eigenvalue weighted by molar-refractivity contribution is 5.94. The number of carbonyl (C=O) groups excluding carboxylic acids is 1. The van der Waals surface area contributed by atoms with Gasteiger partial charge < -0.3 is 15.1 Å². The second-order valence-electron chi connectivity index (χ2n) is 4.40. The van der Waals surface area contributed by atoms with E-state index in [0.29, 0.717) is 12.2 Å². The molecule has 0 fully saturated rings. The monoisotopic (exact) mass is 262 g/mol. The number of nitrogens with two attached hydrogens (primary N) is 1. The molecule has 0 saturated heterocycles. The first-order valence-electron chi connectivity index (χ1n) is 5.82. The molecule has 0 aliphatic carbocycles. The second kappa shape index (κ2) is 5.14. The number of halogens is 1. The van der Waals surface area contributed by atoms with Crippen molar-refractivity contribution in [1.29, 1.82) is 0 Å². The van der Waals surface area contributed by atoms with E-state index >= 15 is 0 Å². The number of benzene rings is 1. The van der Waals surface area contributed by atoms with E-state index in [9.17, 15) is 9.18 Å². The van der Waals surface area contributed by atoms with Gasteiger partial charge in [-0.3, -0.25) is 4.79 Å².